The maximum Gasteiger partial charge on any atom is 0.226 e. The number of hydrogen-bond donors (Lipinski definition) is 2. The molecule has 31 heavy (non-hydrogen) atoms. The van der Waals surface area contributed by atoms with Crippen LogP contribution in [0.1, 0.15) is 41.4 Å². The summed E-state index contributed by atoms with van der Waals surface area (Å²) in [6.07, 6.45) is 1.79. The van der Waals surface area contributed by atoms with E-state index in [4.69, 9.17) is 23.8 Å². The third-order valence-electron chi connectivity index (χ3n) is 5.16. The lowest BCUT2D eigenvalue weighted by Gasteiger charge is -2.27. The summed E-state index contributed by atoms with van der Waals surface area (Å²) in [5, 5.41) is 7.40. The number of carbonyl (C=O) groups excluding carboxylic acids is 1. The highest BCUT2D eigenvalue weighted by Gasteiger charge is 2.41. The van der Waals surface area contributed by atoms with Gasteiger partial charge in [-0.15, -0.1) is 11.3 Å². The van der Waals surface area contributed by atoms with Crippen LogP contribution in [-0.4, -0.2) is 16.0 Å². The van der Waals surface area contributed by atoms with E-state index in [1.54, 1.807) is 17.5 Å². The van der Waals surface area contributed by atoms with E-state index in [2.05, 4.69) is 39.6 Å². The average molecular weight is 471 g/mol. The molecule has 1 fully saturated rings. The number of thiocarbonyl (C=S) groups is 1. The van der Waals surface area contributed by atoms with Crippen LogP contribution in [0.25, 0.3) is 0 Å². The smallest absolute Gasteiger partial charge is 0.226 e. The number of pyridine rings is 1. The van der Waals surface area contributed by atoms with E-state index in [0.717, 1.165) is 11.4 Å². The van der Waals surface area contributed by atoms with Gasteiger partial charge in [-0.05, 0) is 61.6 Å². The second kappa shape index (κ2) is 8.94. The van der Waals surface area contributed by atoms with Crippen molar-refractivity contribution in [1.82, 2.24) is 10.3 Å². The van der Waals surface area contributed by atoms with Crippen LogP contribution in [0.3, 0.4) is 0 Å². The lowest BCUT2D eigenvalue weighted by molar-refractivity contribution is -0.118. The minimum Gasteiger partial charge on any atom is -0.351 e. The van der Waals surface area contributed by atoms with Crippen molar-refractivity contribution < 1.29 is 4.79 Å². The van der Waals surface area contributed by atoms with Crippen LogP contribution in [0.4, 0.5) is 11.4 Å². The monoisotopic (exact) mass is 470 g/mol. The molecular weight excluding hydrogens is 448 g/mol. The molecule has 2 N–H and O–H groups in total. The summed E-state index contributed by atoms with van der Waals surface area (Å²) in [4.78, 5) is 21.2. The van der Waals surface area contributed by atoms with Gasteiger partial charge in [-0.3, -0.25) is 9.78 Å². The molecule has 1 aliphatic heterocycles. The van der Waals surface area contributed by atoms with Crippen LogP contribution in [-0.2, 0) is 4.79 Å². The molecule has 1 aliphatic rings. The highest BCUT2D eigenvalue weighted by atomic mass is 35.5. The van der Waals surface area contributed by atoms with Gasteiger partial charge in [0, 0.05) is 27.6 Å². The number of nitrogens with zero attached hydrogens (tertiary/aromatic N) is 2. The molecule has 0 aliphatic carbocycles. The first-order valence-corrected chi connectivity index (χ1v) is 11.6. The van der Waals surface area contributed by atoms with Gasteiger partial charge in [0.25, 0.3) is 0 Å². The molecule has 5 nitrogen and oxygen atoms in total. The maximum atomic E-state index is 12.1. The number of amides is 1. The van der Waals surface area contributed by atoms with Crippen LogP contribution in [0.15, 0.2) is 54.7 Å². The fourth-order valence-electron chi connectivity index (χ4n) is 3.57. The second-order valence-corrected chi connectivity index (χ2v) is 9.87. The van der Waals surface area contributed by atoms with Gasteiger partial charge in [-0.1, -0.05) is 31.5 Å². The molecule has 2 atom stereocenters. The Morgan fingerprint density at radius 2 is 2.06 bits per heavy atom. The molecule has 1 saturated heterocycles. The molecule has 4 rings (SSSR count). The van der Waals surface area contributed by atoms with Gasteiger partial charge in [0.05, 0.1) is 28.5 Å². The lowest BCUT2D eigenvalue weighted by Crippen LogP contribution is -2.29. The molecule has 0 saturated carbocycles. The average Bonchev–Trinajstić information content (AvgIpc) is 3.32. The topological polar surface area (TPSA) is 57.3 Å². The van der Waals surface area contributed by atoms with Crippen molar-refractivity contribution in [3.05, 3.63) is 75.2 Å². The summed E-state index contributed by atoms with van der Waals surface area (Å²) in [5.74, 6) is -0.202. The quantitative estimate of drug-likeness (QED) is 0.456. The van der Waals surface area contributed by atoms with Crippen LogP contribution in [0.2, 0.25) is 5.02 Å². The van der Waals surface area contributed by atoms with Crippen molar-refractivity contribution >= 4 is 57.5 Å². The van der Waals surface area contributed by atoms with E-state index in [0.29, 0.717) is 15.8 Å². The number of nitrogens with one attached hydrogen (secondary N) is 2. The highest BCUT2D eigenvalue weighted by Crippen LogP contribution is 2.44. The van der Waals surface area contributed by atoms with Crippen LogP contribution < -0.4 is 15.5 Å². The lowest BCUT2D eigenvalue weighted by atomic mass is 10.0. The van der Waals surface area contributed by atoms with E-state index >= 15 is 0 Å². The summed E-state index contributed by atoms with van der Waals surface area (Å²) in [5.41, 5.74) is 2.38. The number of carbonyl (C=O) groups is 1. The van der Waals surface area contributed by atoms with E-state index in [1.165, 1.54) is 9.75 Å². The Labute approximate surface area is 196 Å². The van der Waals surface area contributed by atoms with Gasteiger partial charge in [0.2, 0.25) is 5.91 Å². The van der Waals surface area contributed by atoms with Gasteiger partial charge in [-0.25, -0.2) is 0 Å². The Hall–Kier alpha value is -2.48. The molecular formula is C23H23ClN4OS2. The zero-order valence-corrected chi connectivity index (χ0v) is 19.8. The Balaban J connectivity index is 1.73. The van der Waals surface area contributed by atoms with Crippen molar-refractivity contribution in [3.63, 3.8) is 0 Å². The number of benzene rings is 1. The Morgan fingerprint density at radius 3 is 2.68 bits per heavy atom. The van der Waals surface area contributed by atoms with E-state index in [-0.39, 0.29) is 23.9 Å². The molecule has 8 heteroatoms. The van der Waals surface area contributed by atoms with Crippen molar-refractivity contribution in [2.24, 2.45) is 5.92 Å². The fourth-order valence-corrected chi connectivity index (χ4v) is 5.14. The van der Waals surface area contributed by atoms with Crippen molar-refractivity contribution in [3.8, 4) is 0 Å². The molecule has 0 spiro atoms. The Kier molecular flexibility index (Phi) is 6.27. The highest BCUT2D eigenvalue weighted by molar-refractivity contribution is 7.80. The number of thiophene rings is 1. The normalized spacial score (nSPS) is 18.4. The summed E-state index contributed by atoms with van der Waals surface area (Å²) in [6, 6.07) is 15.6. The maximum absolute atomic E-state index is 12.1. The predicted molar refractivity (Wildman–Crippen MR) is 132 cm³/mol. The summed E-state index contributed by atoms with van der Waals surface area (Å²) < 4.78 is 0. The first kappa shape index (κ1) is 21.7. The zero-order chi connectivity index (χ0) is 22.1. The molecule has 0 unspecified atom stereocenters. The molecule has 1 amide bonds. The first-order chi connectivity index (χ1) is 14.8. The number of aromatic nitrogens is 1. The first-order valence-electron chi connectivity index (χ1n) is 10.0. The standard InChI is InChI=1S/C23H23ClN4OS2/c1-13(2)22(29)26-17-9-8-15(12-16(17)24)28-21(19-10-7-14(3)31-19)20(27-23(28)30)18-6-4-5-11-25-18/h4-13,20-21H,1-3H3,(H,26,29)(H,27,30)/t20-,21-/m1/s1. The third-order valence-corrected chi connectivity index (χ3v) is 6.86. The largest absolute Gasteiger partial charge is 0.351 e. The molecule has 3 heterocycles. The predicted octanol–water partition coefficient (Wildman–Crippen LogP) is 5.88. The van der Waals surface area contributed by atoms with Crippen LogP contribution >= 0.6 is 35.2 Å². The number of anilines is 2. The molecule has 0 radical (unpaired) electrons. The summed E-state index contributed by atoms with van der Waals surface area (Å²) in [6.45, 7) is 5.78. The SMILES string of the molecule is Cc1ccc([C@@H]2[C@@H](c3ccccn3)NC(=S)N2c2ccc(NC(=O)C(C)C)c(Cl)c2)s1. The molecule has 0 bridgehead atoms. The van der Waals surface area contributed by atoms with Gasteiger partial charge < -0.3 is 15.5 Å². The minimum absolute atomic E-state index is 0.0618. The number of rotatable bonds is 5. The van der Waals surface area contributed by atoms with E-state index < -0.39 is 0 Å². The van der Waals surface area contributed by atoms with E-state index in [9.17, 15) is 4.79 Å². The van der Waals surface area contributed by atoms with Gasteiger partial charge in [-0.2, -0.15) is 0 Å². The van der Waals surface area contributed by atoms with Crippen molar-refractivity contribution in [2.75, 3.05) is 10.2 Å². The van der Waals surface area contributed by atoms with E-state index in [1.807, 2.05) is 50.2 Å². The Morgan fingerprint density at radius 1 is 1.26 bits per heavy atom. The second-order valence-electron chi connectivity index (χ2n) is 7.75. The van der Waals surface area contributed by atoms with Gasteiger partial charge in [0.15, 0.2) is 5.11 Å². The number of hydrogen-bond acceptors (Lipinski definition) is 4. The summed E-state index contributed by atoms with van der Waals surface area (Å²) >= 11 is 14.0. The van der Waals surface area contributed by atoms with Crippen LogP contribution in [0.5, 0.6) is 0 Å². The Bertz CT molecular complexity index is 1120. The summed E-state index contributed by atoms with van der Waals surface area (Å²) in [7, 11) is 0. The zero-order valence-electron chi connectivity index (χ0n) is 17.4. The number of halogens is 1. The molecule has 2 aromatic heterocycles. The van der Waals surface area contributed by atoms with Crippen molar-refractivity contribution in [2.45, 2.75) is 32.9 Å². The molecule has 1 aromatic carbocycles. The minimum atomic E-state index is -0.128. The molecule has 160 valence electrons. The molecule has 3 aromatic rings. The number of aryl methyl sites for hydroxylation is 1. The van der Waals surface area contributed by atoms with Gasteiger partial charge in [0.1, 0.15) is 0 Å². The van der Waals surface area contributed by atoms with Crippen molar-refractivity contribution in [1.29, 1.82) is 0 Å². The van der Waals surface area contributed by atoms with Gasteiger partial charge >= 0.3 is 0 Å². The third kappa shape index (κ3) is 4.44. The fraction of sp³-hybridized carbons (Fsp3) is 0.261. The van der Waals surface area contributed by atoms with Crippen LogP contribution in [0, 0.1) is 12.8 Å².